The second-order valence-corrected chi connectivity index (χ2v) is 4.78. The standard InChI is InChI=1S/C4Cl6O/c5-1(3(7)11)2(6)4(8,9)10/b2-1+. The average molecular weight is 277 g/mol. The number of allylic oxidation sites excluding steroid dienone is 2. The molecule has 0 atom stereocenters. The summed E-state index contributed by atoms with van der Waals surface area (Å²) >= 11 is 31.4. The minimum atomic E-state index is -1.91. The first-order valence-corrected chi connectivity index (χ1v) is 4.36. The molecule has 0 saturated carbocycles. The molecule has 0 aromatic heterocycles. The highest BCUT2D eigenvalue weighted by atomic mass is 35.6. The van der Waals surface area contributed by atoms with Gasteiger partial charge in [0.05, 0.1) is 5.03 Å². The number of halogens is 6. The van der Waals surface area contributed by atoms with Gasteiger partial charge in [-0.15, -0.1) is 0 Å². The number of hydrogen-bond acceptors (Lipinski definition) is 1. The van der Waals surface area contributed by atoms with Crippen LogP contribution in [0.25, 0.3) is 0 Å². The molecule has 0 aromatic carbocycles. The quantitative estimate of drug-likeness (QED) is 0.404. The second kappa shape index (κ2) is 4.40. The van der Waals surface area contributed by atoms with E-state index in [-0.39, 0.29) is 0 Å². The summed E-state index contributed by atoms with van der Waals surface area (Å²) in [6, 6.07) is 0. The summed E-state index contributed by atoms with van der Waals surface area (Å²) in [4.78, 5) is 10.3. The lowest BCUT2D eigenvalue weighted by Gasteiger charge is -2.09. The zero-order valence-electron chi connectivity index (χ0n) is 4.68. The van der Waals surface area contributed by atoms with Gasteiger partial charge in [-0.1, -0.05) is 58.0 Å². The molecule has 7 heteroatoms. The van der Waals surface area contributed by atoms with Crippen LogP contribution in [0.1, 0.15) is 0 Å². The number of carbonyl (C=O) groups is 1. The van der Waals surface area contributed by atoms with Gasteiger partial charge in [-0.25, -0.2) is 0 Å². The Labute approximate surface area is 93.1 Å². The maximum atomic E-state index is 10.3. The SMILES string of the molecule is O=C(Cl)/C(Cl)=C(\Cl)C(Cl)(Cl)Cl. The Morgan fingerprint density at radius 2 is 1.36 bits per heavy atom. The second-order valence-electron chi connectivity index (χ2n) is 1.40. The Morgan fingerprint density at radius 3 is 1.45 bits per heavy atom. The van der Waals surface area contributed by atoms with E-state index in [1.54, 1.807) is 0 Å². The average Bonchev–Trinajstić information content (AvgIpc) is 1.82. The van der Waals surface area contributed by atoms with Crippen LogP contribution in [0.15, 0.2) is 10.1 Å². The number of hydrogen-bond donors (Lipinski definition) is 0. The van der Waals surface area contributed by atoms with Crippen LogP contribution in [-0.4, -0.2) is 9.03 Å². The molecule has 0 aliphatic carbocycles. The number of alkyl halides is 3. The normalized spacial score (nSPS) is 14.4. The lowest BCUT2D eigenvalue weighted by atomic mass is 10.5. The maximum Gasteiger partial charge on any atom is 0.265 e. The molecule has 0 aromatic rings. The van der Waals surface area contributed by atoms with Crippen molar-refractivity contribution in [1.82, 2.24) is 0 Å². The predicted molar refractivity (Wildman–Crippen MR) is 49.9 cm³/mol. The smallest absolute Gasteiger partial charge is 0.265 e. The van der Waals surface area contributed by atoms with Gasteiger partial charge in [-0.2, -0.15) is 0 Å². The van der Waals surface area contributed by atoms with Crippen molar-refractivity contribution in [2.24, 2.45) is 0 Å². The summed E-state index contributed by atoms with van der Waals surface area (Å²) in [5.41, 5.74) is 0. The zero-order chi connectivity index (χ0) is 9.23. The van der Waals surface area contributed by atoms with Gasteiger partial charge in [0.1, 0.15) is 5.03 Å². The van der Waals surface area contributed by atoms with Crippen LogP contribution >= 0.6 is 69.6 Å². The molecular weight excluding hydrogens is 277 g/mol. The monoisotopic (exact) mass is 274 g/mol. The molecule has 0 N–H and O–H groups in total. The Morgan fingerprint density at radius 1 is 1.00 bits per heavy atom. The van der Waals surface area contributed by atoms with Crippen molar-refractivity contribution in [2.45, 2.75) is 3.79 Å². The minimum absolute atomic E-state index is 0.413. The van der Waals surface area contributed by atoms with E-state index in [9.17, 15) is 4.79 Å². The summed E-state index contributed by atoms with van der Waals surface area (Å²) in [5, 5.41) is -1.87. The van der Waals surface area contributed by atoms with Crippen molar-refractivity contribution in [3.63, 3.8) is 0 Å². The fraction of sp³-hybridized carbons (Fsp3) is 0.250. The van der Waals surface area contributed by atoms with E-state index in [4.69, 9.17) is 69.6 Å². The molecule has 64 valence electrons. The molecule has 0 rings (SSSR count). The van der Waals surface area contributed by atoms with E-state index >= 15 is 0 Å². The summed E-state index contributed by atoms with van der Waals surface area (Å²) in [5.74, 6) is 0. The summed E-state index contributed by atoms with van der Waals surface area (Å²) in [7, 11) is 0. The Bertz CT molecular complexity index is 201. The first-order chi connectivity index (χ1) is 4.76. The fourth-order valence-electron chi connectivity index (χ4n) is 0.211. The minimum Gasteiger partial charge on any atom is -0.275 e. The molecule has 0 saturated heterocycles. The Hall–Kier alpha value is 1.15. The van der Waals surface area contributed by atoms with Crippen LogP contribution in [-0.2, 0) is 4.79 Å². The van der Waals surface area contributed by atoms with Crippen LogP contribution in [0.2, 0.25) is 0 Å². The van der Waals surface area contributed by atoms with Crippen molar-refractivity contribution in [2.75, 3.05) is 0 Å². The van der Waals surface area contributed by atoms with Crippen LogP contribution < -0.4 is 0 Å². The van der Waals surface area contributed by atoms with Crippen LogP contribution in [0, 0.1) is 0 Å². The van der Waals surface area contributed by atoms with Crippen LogP contribution in [0.3, 0.4) is 0 Å². The van der Waals surface area contributed by atoms with Gasteiger partial charge in [0.25, 0.3) is 5.24 Å². The summed E-state index contributed by atoms with van der Waals surface area (Å²) < 4.78 is -1.91. The van der Waals surface area contributed by atoms with E-state index in [1.165, 1.54) is 0 Å². The first kappa shape index (κ1) is 12.2. The molecular formula is C4Cl6O. The largest absolute Gasteiger partial charge is 0.275 e. The van der Waals surface area contributed by atoms with Gasteiger partial charge in [0.2, 0.25) is 3.79 Å². The van der Waals surface area contributed by atoms with Crippen LogP contribution in [0.5, 0.6) is 0 Å². The molecule has 0 bridgehead atoms. The lowest BCUT2D eigenvalue weighted by Crippen LogP contribution is -2.05. The van der Waals surface area contributed by atoms with Gasteiger partial charge in [0, 0.05) is 0 Å². The Balaban J connectivity index is 4.82. The maximum absolute atomic E-state index is 10.3. The molecule has 0 aliphatic heterocycles. The molecule has 0 aliphatic rings. The molecule has 0 spiro atoms. The van der Waals surface area contributed by atoms with E-state index in [0.717, 1.165) is 0 Å². The van der Waals surface area contributed by atoms with Crippen LogP contribution in [0.4, 0.5) is 0 Å². The van der Waals surface area contributed by atoms with E-state index < -0.39 is 19.1 Å². The summed E-state index contributed by atoms with van der Waals surface area (Å²) in [6.07, 6.45) is 0. The zero-order valence-corrected chi connectivity index (χ0v) is 9.21. The van der Waals surface area contributed by atoms with E-state index in [1.807, 2.05) is 0 Å². The molecule has 1 nitrogen and oxygen atoms in total. The van der Waals surface area contributed by atoms with Crippen molar-refractivity contribution in [1.29, 1.82) is 0 Å². The Kier molecular flexibility index (Phi) is 4.86. The number of carbonyl (C=O) groups excluding carboxylic acids is 1. The van der Waals surface area contributed by atoms with Gasteiger partial charge < -0.3 is 0 Å². The topological polar surface area (TPSA) is 17.1 Å². The number of rotatable bonds is 1. The highest BCUT2D eigenvalue weighted by molar-refractivity contribution is 6.78. The van der Waals surface area contributed by atoms with Gasteiger partial charge in [0.15, 0.2) is 0 Å². The highest BCUT2D eigenvalue weighted by Crippen LogP contribution is 2.40. The van der Waals surface area contributed by atoms with Crippen molar-refractivity contribution in [3.8, 4) is 0 Å². The van der Waals surface area contributed by atoms with Gasteiger partial charge >= 0.3 is 0 Å². The molecule has 0 amide bonds. The molecule has 11 heavy (non-hydrogen) atoms. The van der Waals surface area contributed by atoms with Gasteiger partial charge in [-0.05, 0) is 11.6 Å². The third-order valence-corrected chi connectivity index (χ3v) is 2.69. The van der Waals surface area contributed by atoms with Gasteiger partial charge in [-0.3, -0.25) is 4.79 Å². The molecule has 0 radical (unpaired) electrons. The molecule has 0 heterocycles. The molecule has 0 unspecified atom stereocenters. The first-order valence-electron chi connectivity index (χ1n) is 2.09. The third kappa shape index (κ3) is 4.07. The van der Waals surface area contributed by atoms with E-state index in [2.05, 4.69) is 0 Å². The lowest BCUT2D eigenvalue weighted by molar-refractivity contribution is -0.108. The third-order valence-electron chi connectivity index (χ3n) is 0.614. The van der Waals surface area contributed by atoms with E-state index in [0.29, 0.717) is 0 Å². The van der Waals surface area contributed by atoms with Crippen molar-refractivity contribution >= 4 is 74.8 Å². The molecule has 0 fully saturated rings. The highest BCUT2D eigenvalue weighted by Gasteiger charge is 2.29. The summed E-state index contributed by atoms with van der Waals surface area (Å²) in [6.45, 7) is 0. The predicted octanol–water partition coefficient (Wildman–Crippen LogP) is 3.81. The van der Waals surface area contributed by atoms with Crippen molar-refractivity contribution in [3.05, 3.63) is 10.1 Å². The fourth-order valence-corrected chi connectivity index (χ4v) is 1.01. The van der Waals surface area contributed by atoms with Crippen molar-refractivity contribution < 1.29 is 4.79 Å².